The van der Waals surface area contributed by atoms with Crippen molar-refractivity contribution in [2.45, 2.75) is 44.2 Å². The van der Waals surface area contributed by atoms with Crippen LogP contribution in [-0.2, 0) is 27.3 Å². The van der Waals surface area contributed by atoms with E-state index in [0.29, 0.717) is 42.3 Å². The second-order valence-corrected chi connectivity index (χ2v) is 12.1. The Morgan fingerprint density at radius 2 is 1.39 bits per heavy atom. The molecular formula is C37H37Cl2N3O4. The van der Waals surface area contributed by atoms with E-state index in [1.54, 1.807) is 18.2 Å². The summed E-state index contributed by atoms with van der Waals surface area (Å²) < 4.78 is 5.65. The predicted molar refractivity (Wildman–Crippen MR) is 182 cm³/mol. The number of halogens is 2. The van der Waals surface area contributed by atoms with Crippen LogP contribution < -0.4 is 16.0 Å². The molecule has 46 heavy (non-hydrogen) atoms. The summed E-state index contributed by atoms with van der Waals surface area (Å²) in [5.41, 5.74) is 6.50. The van der Waals surface area contributed by atoms with Crippen LogP contribution >= 0.6 is 23.2 Å². The zero-order valence-corrected chi connectivity index (χ0v) is 26.9. The maximum Gasteiger partial charge on any atom is 0.407 e. The highest BCUT2D eigenvalue weighted by Crippen LogP contribution is 2.44. The number of amides is 2. The van der Waals surface area contributed by atoms with Gasteiger partial charge >= 0.3 is 6.09 Å². The number of carbonyl (C=O) groups excluding carboxylic acids is 3. The van der Waals surface area contributed by atoms with Crippen LogP contribution in [0.15, 0.2) is 97.1 Å². The Bertz CT molecular complexity index is 1620. The van der Waals surface area contributed by atoms with Gasteiger partial charge in [-0.15, -0.1) is 0 Å². The Hall–Kier alpha value is -4.17. The van der Waals surface area contributed by atoms with Gasteiger partial charge in [0.1, 0.15) is 12.4 Å². The Morgan fingerprint density at radius 3 is 2.09 bits per heavy atom. The molecule has 1 aliphatic carbocycles. The van der Waals surface area contributed by atoms with Crippen molar-refractivity contribution in [3.8, 4) is 11.1 Å². The Kier molecular flexibility index (Phi) is 11.8. The molecule has 0 spiro atoms. The number of rotatable bonds is 15. The topological polar surface area (TPSA) is 96.5 Å². The average Bonchev–Trinajstić information content (AvgIpc) is 3.40. The number of benzene rings is 4. The number of nitrogens with one attached hydrogen (secondary N) is 3. The first-order chi connectivity index (χ1) is 22.4. The highest BCUT2D eigenvalue weighted by Gasteiger charge is 2.29. The Labute approximate surface area is 279 Å². The maximum absolute atomic E-state index is 13.2. The minimum Gasteiger partial charge on any atom is -0.449 e. The number of hydrogen-bond acceptors (Lipinski definition) is 5. The summed E-state index contributed by atoms with van der Waals surface area (Å²) in [6, 6.07) is 30.7. The van der Waals surface area contributed by atoms with Crippen LogP contribution in [0, 0.1) is 0 Å². The molecule has 3 N–H and O–H groups in total. The van der Waals surface area contributed by atoms with Crippen molar-refractivity contribution in [3.05, 3.63) is 129 Å². The quantitative estimate of drug-likeness (QED) is 0.127. The highest BCUT2D eigenvalue weighted by atomic mass is 35.5. The molecular weight excluding hydrogens is 621 g/mol. The monoisotopic (exact) mass is 657 g/mol. The van der Waals surface area contributed by atoms with Gasteiger partial charge in [0.15, 0.2) is 0 Å². The number of carbonyl (C=O) groups is 3. The van der Waals surface area contributed by atoms with Gasteiger partial charge in [-0.1, -0.05) is 108 Å². The van der Waals surface area contributed by atoms with Crippen molar-refractivity contribution >= 4 is 41.0 Å². The maximum atomic E-state index is 13.2. The van der Waals surface area contributed by atoms with E-state index >= 15 is 0 Å². The summed E-state index contributed by atoms with van der Waals surface area (Å²) in [6.07, 6.45) is 1.16. The van der Waals surface area contributed by atoms with E-state index in [1.165, 1.54) is 0 Å². The molecule has 4 aromatic carbocycles. The first kappa shape index (κ1) is 33.2. The lowest BCUT2D eigenvalue weighted by atomic mass is 9.98. The highest BCUT2D eigenvalue weighted by molar-refractivity contribution is 6.42. The molecule has 0 aliphatic heterocycles. The fraction of sp³-hybridized carbons (Fsp3) is 0.270. The molecule has 0 saturated heterocycles. The standard InChI is InChI=1S/C37H37Cl2N3O4/c38-33-17-15-26(22-34(33)39)23-42-36(44)35(40-20-18-27(43)16-14-25-8-2-1-3-9-25)19-21-41-37(45)46-24-32-30-12-6-4-10-28(30)29-11-5-7-13-31(29)32/h1-13,15,17,22,32,35,40H,14,16,18-21,23-24H2,(H,41,45)(H,42,44)/t35-/m1/s1. The molecule has 238 valence electrons. The zero-order chi connectivity index (χ0) is 32.3. The molecule has 0 saturated carbocycles. The zero-order valence-electron chi connectivity index (χ0n) is 25.4. The van der Waals surface area contributed by atoms with Gasteiger partial charge in [-0.25, -0.2) is 4.79 Å². The van der Waals surface area contributed by atoms with Crippen LogP contribution in [0.25, 0.3) is 11.1 Å². The smallest absolute Gasteiger partial charge is 0.407 e. The first-order valence-electron chi connectivity index (χ1n) is 15.5. The molecule has 0 heterocycles. The van der Waals surface area contributed by atoms with Crippen molar-refractivity contribution in [1.29, 1.82) is 0 Å². The van der Waals surface area contributed by atoms with E-state index in [0.717, 1.165) is 33.4 Å². The number of hydrogen-bond donors (Lipinski definition) is 3. The third-order valence-electron chi connectivity index (χ3n) is 8.14. The van der Waals surface area contributed by atoms with Crippen LogP contribution in [0.3, 0.4) is 0 Å². The van der Waals surface area contributed by atoms with E-state index in [-0.39, 0.29) is 37.3 Å². The molecule has 1 aliphatic rings. The fourth-order valence-electron chi connectivity index (χ4n) is 5.70. The largest absolute Gasteiger partial charge is 0.449 e. The summed E-state index contributed by atoms with van der Waals surface area (Å²) in [5.74, 6) is -0.181. The molecule has 0 unspecified atom stereocenters. The average molecular weight is 659 g/mol. The third kappa shape index (κ3) is 8.97. The number of alkyl carbamates (subject to hydrolysis) is 1. The summed E-state index contributed by atoms with van der Waals surface area (Å²) in [6.45, 7) is 1.00. The lowest BCUT2D eigenvalue weighted by molar-refractivity contribution is -0.124. The summed E-state index contributed by atoms with van der Waals surface area (Å²) >= 11 is 12.1. The minimum absolute atomic E-state index is 0.0425. The molecule has 7 nitrogen and oxygen atoms in total. The molecule has 1 atom stereocenters. The van der Waals surface area contributed by atoms with E-state index in [2.05, 4.69) is 40.2 Å². The van der Waals surface area contributed by atoms with Crippen molar-refractivity contribution in [2.75, 3.05) is 19.7 Å². The lowest BCUT2D eigenvalue weighted by Crippen LogP contribution is -2.46. The normalized spacial score (nSPS) is 12.6. The molecule has 0 fully saturated rings. The summed E-state index contributed by atoms with van der Waals surface area (Å²) in [4.78, 5) is 38.5. The molecule has 0 aromatic heterocycles. The molecule has 0 bridgehead atoms. The van der Waals surface area contributed by atoms with Gasteiger partial charge in [0, 0.05) is 38.4 Å². The van der Waals surface area contributed by atoms with E-state index in [9.17, 15) is 14.4 Å². The number of fused-ring (bicyclic) bond motifs is 3. The van der Waals surface area contributed by atoms with E-state index in [1.807, 2.05) is 54.6 Å². The summed E-state index contributed by atoms with van der Waals surface area (Å²) in [7, 11) is 0. The number of aryl methyl sites for hydroxylation is 1. The van der Waals surface area contributed by atoms with Gasteiger partial charge in [0.2, 0.25) is 5.91 Å². The van der Waals surface area contributed by atoms with Crippen LogP contribution in [0.4, 0.5) is 4.79 Å². The first-order valence-corrected chi connectivity index (χ1v) is 16.2. The van der Waals surface area contributed by atoms with Crippen molar-refractivity contribution in [3.63, 3.8) is 0 Å². The number of ketones is 1. The second kappa shape index (κ2) is 16.4. The number of Topliss-reactive ketones (excluding diaryl/α,β-unsaturated/α-hetero) is 1. The summed E-state index contributed by atoms with van der Waals surface area (Å²) in [5, 5.41) is 9.75. The van der Waals surface area contributed by atoms with Gasteiger partial charge in [-0.05, 0) is 58.4 Å². The van der Waals surface area contributed by atoms with Gasteiger partial charge < -0.3 is 20.7 Å². The van der Waals surface area contributed by atoms with Crippen LogP contribution in [0.1, 0.15) is 47.4 Å². The van der Waals surface area contributed by atoms with Gasteiger partial charge in [-0.2, -0.15) is 0 Å². The van der Waals surface area contributed by atoms with Gasteiger partial charge in [0.05, 0.1) is 16.1 Å². The van der Waals surface area contributed by atoms with Gasteiger partial charge in [-0.3, -0.25) is 9.59 Å². The van der Waals surface area contributed by atoms with Crippen LogP contribution in [0.2, 0.25) is 10.0 Å². The van der Waals surface area contributed by atoms with Crippen molar-refractivity contribution in [1.82, 2.24) is 16.0 Å². The van der Waals surface area contributed by atoms with E-state index < -0.39 is 12.1 Å². The minimum atomic E-state index is -0.640. The molecule has 9 heteroatoms. The predicted octanol–water partition coefficient (Wildman–Crippen LogP) is 7.09. The van der Waals surface area contributed by atoms with E-state index in [4.69, 9.17) is 27.9 Å². The lowest BCUT2D eigenvalue weighted by Gasteiger charge is -2.19. The second-order valence-electron chi connectivity index (χ2n) is 11.3. The molecule has 4 aromatic rings. The molecule has 0 radical (unpaired) electrons. The Balaban J connectivity index is 1.12. The van der Waals surface area contributed by atoms with Crippen LogP contribution in [0.5, 0.6) is 0 Å². The Morgan fingerprint density at radius 1 is 0.717 bits per heavy atom. The molecule has 5 rings (SSSR count). The fourth-order valence-corrected chi connectivity index (χ4v) is 6.02. The van der Waals surface area contributed by atoms with Gasteiger partial charge in [0.25, 0.3) is 0 Å². The third-order valence-corrected chi connectivity index (χ3v) is 8.88. The molecule has 2 amide bonds. The number of ether oxygens (including phenoxy) is 1. The van der Waals surface area contributed by atoms with Crippen molar-refractivity contribution in [2.24, 2.45) is 0 Å². The van der Waals surface area contributed by atoms with Crippen molar-refractivity contribution < 1.29 is 19.1 Å². The van der Waals surface area contributed by atoms with Crippen LogP contribution in [-0.4, -0.2) is 43.5 Å². The SMILES string of the molecule is O=C(CCN[C@H](CCNC(=O)OCC1c2ccccc2-c2ccccc21)C(=O)NCc1ccc(Cl)c(Cl)c1)CCc1ccccc1.